The normalized spacial score (nSPS) is 11.4. The molecule has 690 valence electrons. The van der Waals surface area contributed by atoms with Gasteiger partial charge in [-0.25, -0.2) is 59.8 Å². The summed E-state index contributed by atoms with van der Waals surface area (Å²) in [5, 5.41) is 19.9. The van der Waals surface area contributed by atoms with E-state index in [2.05, 4.69) is 314 Å². The Morgan fingerprint density at radius 2 is 0.351 bits per heavy atom. The van der Waals surface area contributed by atoms with Crippen molar-refractivity contribution in [2.75, 3.05) is 0 Å². The smallest absolute Gasteiger partial charge is 0.164 e. The Morgan fingerprint density at radius 3 is 0.669 bits per heavy atom. The van der Waals surface area contributed by atoms with Crippen molar-refractivity contribution in [1.82, 2.24) is 64.8 Å². The number of rotatable bonds is 15. The third-order valence-corrected chi connectivity index (χ3v) is 27.5. The molecule has 0 fully saturated rings. The molecule has 0 atom stereocenters. The molecule has 13 nitrogen and oxygen atoms in total. The minimum atomic E-state index is 0.588. The van der Waals surface area contributed by atoms with Crippen molar-refractivity contribution in [3.63, 3.8) is 0 Å². The first-order valence-electron chi connectivity index (χ1n) is 49.5. The number of hydrogen-bond donors (Lipinski definition) is 0. The van der Waals surface area contributed by atoms with Crippen molar-refractivity contribution < 1.29 is 0 Å². The maximum absolute atomic E-state index is 5.39. The quantitative estimate of drug-likeness (QED) is 0.0890. The highest BCUT2D eigenvalue weighted by molar-refractivity contribution is 6.25. The predicted octanol–water partition coefficient (Wildman–Crippen LogP) is 33.7. The van der Waals surface area contributed by atoms with Crippen molar-refractivity contribution >= 4 is 108 Å². The minimum Gasteiger partial charge on any atom is -0.264 e. The minimum absolute atomic E-state index is 0.588. The maximum Gasteiger partial charge on any atom is 0.164 e. The van der Waals surface area contributed by atoms with Crippen molar-refractivity contribution in [3.8, 4) is 170 Å². The molecule has 0 unspecified atom stereocenters. The Balaban J connectivity index is 0.000000112. The van der Waals surface area contributed by atoms with Gasteiger partial charge in [-0.15, -0.1) is 0 Å². The van der Waals surface area contributed by atoms with Crippen molar-refractivity contribution in [3.05, 3.63) is 516 Å². The lowest BCUT2D eigenvalue weighted by molar-refractivity contribution is 1.07. The molecule has 0 saturated heterocycles. The summed E-state index contributed by atoms with van der Waals surface area (Å²) in [5.74, 6) is 5.56. The Kier molecular flexibility index (Phi) is 23.0. The molecular weight excluding hydrogens is 1800 g/mol. The number of hydrogen-bond acceptors (Lipinski definition) is 13. The molecule has 0 amide bonds. The molecule has 0 aliphatic heterocycles. The molecule has 0 aliphatic carbocycles. The van der Waals surface area contributed by atoms with Gasteiger partial charge in [0.2, 0.25) is 0 Å². The van der Waals surface area contributed by atoms with E-state index >= 15 is 0 Å². The third-order valence-electron chi connectivity index (χ3n) is 27.5. The molecule has 0 saturated carbocycles. The van der Waals surface area contributed by atoms with Gasteiger partial charge in [0, 0.05) is 133 Å². The predicted molar refractivity (Wildman–Crippen MR) is 607 cm³/mol. The molecule has 7 heterocycles. The average molecular weight is 1890 g/mol. The van der Waals surface area contributed by atoms with Gasteiger partial charge in [0.15, 0.2) is 52.4 Å². The second kappa shape index (κ2) is 38.7. The summed E-state index contributed by atoms with van der Waals surface area (Å²) in [6.45, 7) is 0. The molecule has 0 spiro atoms. The zero-order chi connectivity index (χ0) is 98.2. The van der Waals surface area contributed by atoms with Crippen LogP contribution in [0.3, 0.4) is 0 Å². The lowest BCUT2D eigenvalue weighted by atomic mass is 9.91. The number of fused-ring (bicyclic) bond motifs is 16. The lowest BCUT2D eigenvalue weighted by Gasteiger charge is -2.16. The zero-order valence-electron chi connectivity index (χ0n) is 79.9. The van der Waals surface area contributed by atoms with Crippen LogP contribution < -0.4 is 0 Å². The second-order valence-electron chi connectivity index (χ2n) is 36.7. The van der Waals surface area contributed by atoms with Crippen LogP contribution in [0.1, 0.15) is 0 Å². The van der Waals surface area contributed by atoms with Crippen molar-refractivity contribution in [2.24, 2.45) is 0 Å². The Hall–Kier alpha value is -20.2. The standard InChI is InChI=1S/C48H30N4.C44H28N4.C43H27N5/c1-3-16-33(17-4-1)46-50-47(34-18-5-2-6-19-34)52-48(51-46)37-29-35(39-24-13-20-31-14-7-9-21-38(31)39)28-36(30-37)45-42-27-26-32-15-8-10-22-40(32)44(42)41-23-11-12-25-43(41)49-45;1-4-14-29(15-5-1)33-26-34(41-38-25-24-30-16-10-11-21-36(30)40(38)37-22-12-13-23-39(37)45-41)28-35(27-33)44-47-42(31-17-6-2-7-18-31)46-43(48-44)32-19-8-3-9-20-32;1-3-13-29(14-4-1)41-46-42(30-15-5-2-6-16-30)48-43(47-41)34-25-32(31-17-11-23-44-27-31)24-33(26-34)40-37-22-21-28-12-7-8-18-35(28)39(37)36-19-9-10-20-38(36)45-40/h1-30H;1-28H;1-27H. The Bertz CT molecular complexity index is 9380. The molecular formula is C135H85N13. The SMILES string of the molecule is c1ccc(-c2cc(-c3nc(-c4ccccc4)nc(-c4ccccc4)n3)cc(-c3nc4ccccc4c4c3ccc3ccccc34)c2)cc1.c1ccc(-c2nc(-c3ccccc3)nc(-c3cc(-c4cccc5ccccc45)cc(-c4nc5ccccc5c5c4ccc4ccccc45)c3)n2)cc1.c1ccc(-c2nc(-c3ccccc3)nc(-c3cc(-c4cccnc4)cc(-c4nc5ccccc5c5c4ccc4ccccc45)c3)n2)cc1. The summed E-state index contributed by atoms with van der Waals surface area (Å²) < 4.78 is 0. The number of benzene rings is 21. The molecule has 0 radical (unpaired) electrons. The molecule has 0 aliphatic rings. The average Bonchev–Trinajstić information content (AvgIpc) is 0.740. The molecule has 0 N–H and O–H groups in total. The molecule has 148 heavy (non-hydrogen) atoms. The number of para-hydroxylation sites is 3. The van der Waals surface area contributed by atoms with Gasteiger partial charge in [-0.2, -0.15) is 0 Å². The Labute approximate surface area is 852 Å². The second-order valence-corrected chi connectivity index (χ2v) is 36.7. The summed E-state index contributed by atoms with van der Waals surface area (Å²) in [6.07, 6.45) is 3.68. The van der Waals surface area contributed by atoms with Crippen LogP contribution in [0.5, 0.6) is 0 Å². The molecule has 0 bridgehead atoms. The largest absolute Gasteiger partial charge is 0.264 e. The fourth-order valence-electron chi connectivity index (χ4n) is 20.5. The highest BCUT2D eigenvalue weighted by Crippen LogP contribution is 2.47. The monoisotopic (exact) mass is 1890 g/mol. The van der Waals surface area contributed by atoms with E-state index in [1.54, 1.807) is 6.20 Å². The van der Waals surface area contributed by atoms with Crippen molar-refractivity contribution in [1.29, 1.82) is 0 Å². The molecule has 28 rings (SSSR count). The van der Waals surface area contributed by atoms with Gasteiger partial charge >= 0.3 is 0 Å². The molecule has 13 heteroatoms. The molecule has 21 aromatic carbocycles. The van der Waals surface area contributed by atoms with Crippen LogP contribution in [0, 0.1) is 0 Å². The molecule has 7 aromatic heterocycles. The number of pyridine rings is 4. The van der Waals surface area contributed by atoms with Crippen LogP contribution in [0.15, 0.2) is 516 Å². The van der Waals surface area contributed by atoms with E-state index in [9.17, 15) is 0 Å². The van der Waals surface area contributed by atoms with Gasteiger partial charge in [-0.3, -0.25) is 4.98 Å². The topological polar surface area (TPSA) is 168 Å². The highest BCUT2D eigenvalue weighted by atomic mass is 15.1. The van der Waals surface area contributed by atoms with E-state index < -0.39 is 0 Å². The van der Waals surface area contributed by atoms with E-state index in [4.69, 9.17) is 59.8 Å². The highest BCUT2D eigenvalue weighted by Gasteiger charge is 2.25. The van der Waals surface area contributed by atoms with E-state index in [1.165, 1.54) is 59.2 Å². The van der Waals surface area contributed by atoms with E-state index in [-0.39, 0.29) is 0 Å². The summed E-state index contributed by atoms with van der Waals surface area (Å²) in [4.78, 5) is 65.9. The van der Waals surface area contributed by atoms with Gasteiger partial charge in [0.25, 0.3) is 0 Å². The lowest BCUT2D eigenvalue weighted by Crippen LogP contribution is -2.01. The van der Waals surface area contributed by atoms with Crippen LogP contribution in [0.25, 0.3) is 278 Å². The van der Waals surface area contributed by atoms with Crippen LogP contribution >= 0.6 is 0 Å². The van der Waals surface area contributed by atoms with E-state index in [0.29, 0.717) is 52.4 Å². The van der Waals surface area contributed by atoms with Crippen LogP contribution in [0.4, 0.5) is 0 Å². The van der Waals surface area contributed by atoms with Gasteiger partial charge in [-0.05, 0) is 150 Å². The first kappa shape index (κ1) is 88.1. The number of nitrogens with zero attached hydrogens (tertiary/aromatic N) is 13. The summed E-state index contributed by atoms with van der Waals surface area (Å²) in [6, 6.07) is 174. The van der Waals surface area contributed by atoms with Crippen LogP contribution in [-0.4, -0.2) is 64.8 Å². The zero-order valence-corrected chi connectivity index (χ0v) is 79.9. The molecule has 28 aromatic rings. The number of aromatic nitrogens is 13. The summed E-state index contributed by atoms with van der Waals surface area (Å²) >= 11 is 0. The van der Waals surface area contributed by atoms with E-state index in [0.717, 1.165) is 166 Å². The first-order valence-corrected chi connectivity index (χ1v) is 49.5. The van der Waals surface area contributed by atoms with E-state index in [1.807, 2.05) is 200 Å². The fraction of sp³-hybridized carbons (Fsp3) is 0. The van der Waals surface area contributed by atoms with Gasteiger partial charge in [0.05, 0.1) is 33.6 Å². The third kappa shape index (κ3) is 17.2. The van der Waals surface area contributed by atoms with Gasteiger partial charge in [-0.1, -0.05) is 425 Å². The van der Waals surface area contributed by atoms with Gasteiger partial charge in [0.1, 0.15) is 0 Å². The summed E-state index contributed by atoms with van der Waals surface area (Å²) in [5.41, 5.74) is 23.2. The van der Waals surface area contributed by atoms with Crippen LogP contribution in [-0.2, 0) is 0 Å². The summed E-state index contributed by atoms with van der Waals surface area (Å²) in [7, 11) is 0. The Morgan fingerprint density at radius 1 is 0.122 bits per heavy atom. The first-order chi connectivity index (χ1) is 73.3. The van der Waals surface area contributed by atoms with Gasteiger partial charge < -0.3 is 0 Å². The van der Waals surface area contributed by atoms with Crippen LogP contribution in [0.2, 0.25) is 0 Å². The van der Waals surface area contributed by atoms with Crippen molar-refractivity contribution in [2.45, 2.75) is 0 Å². The maximum atomic E-state index is 5.39. The fourth-order valence-corrected chi connectivity index (χ4v) is 20.5.